The Labute approximate surface area is 142 Å². The van der Waals surface area contributed by atoms with Gasteiger partial charge in [-0.05, 0) is 31.0 Å². The zero-order valence-electron chi connectivity index (χ0n) is 13.8. The summed E-state index contributed by atoms with van der Waals surface area (Å²) in [6, 6.07) is 8.10. The van der Waals surface area contributed by atoms with Gasteiger partial charge in [-0.2, -0.15) is 0 Å². The van der Waals surface area contributed by atoms with Crippen molar-refractivity contribution in [2.75, 3.05) is 37.7 Å². The Kier molecular flexibility index (Phi) is 4.66. The summed E-state index contributed by atoms with van der Waals surface area (Å²) in [5, 5.41) is 0. The molecule has 0 amide bonds. The third kappa shape index (κ3) is 3.55. The molecule has 0 aliphatic carbocycles. The first-order valence-corrected chi connectivity index (χ1v) is 8.70. The summed E-state index contributed by atoms with van der Waals surface area (Å²) in [6.45, 7) is 5.75. The van der Waals surface area contributed by atoms with Gasteiger partial charge in [-0.15, -0.1) is 0 Å². The van der Waals surface area contributed by atoms with Gasteiger partial charge in [-0.3, -0.25) is 4.90 Å². The predicted octanol–water partition coefficient (Wildman–Crippen LogP) is 2.05. The quantitative estimate of drug-likeness (QED) is 0.857. The average molecular weight is 325 g/mol. The van der Waals surface area contributed by atoms with Crippen LogP contribution in [0.25, 0.3) is 0 Å². The van der Waals surface area contributed by atoms with E-state index in [-0.39, 0.29) is 6.10 Å². The number of aromatic nitrogens is 3. The molecule has 0 bridgehead atoms. The molecule has 2 aliphatic heterocycles. The third-order valence-corrected chi connectivity index (χ3v) is 4.68. The van der Waals surface area contributed by atoms with Crippen molar-refractivity contribution in [2.45, 2.75) is 25.5 Å². The van der Waals surface area contributed by atoms with E-state index in [1.807, 2.05) is 30.6 Å². The number of anilines is 1. The van der Waals surface area contributed by atoms with E-state index in [2.05, 4.69) is 25.8 Å². The number of hydrogen-bond acceptors (Lipinski definition) is 6. The Hall–Kier alpha value is -2.05. The van der Waals surface area contributed by atoms with Crippen LogP contribution < -0.4 is 4.90 Å². The molecule has 2 aromatic rings. The van der Waals surface area contributed by atoms with Crippen LogP contribution in [-0.4, -0.2) is 52.6 Å². The maximum Gasteiger partial charge on any atom is 0.157 e. The Bertz CT molecular complexity index is 651. The summed E-state index contributed by atoms with van der Waals surface area (Å²) in [5.74, 6) is 1.91. The molecule has 0 radical (unpaired) electrons. The van der Waals surface area contributed by atoms with Gasteiger partial charge in [-0.25, -0.2) is 15.0 Å². The molecule has 2 saturated heterocycles. The van der Waals surface area contributed by atoms with Crippen LogP contribution in [0.2, 0.25) is 0 Å². The van der Waals surface area contributed by atoms with Gasteiger partial charge in [0.2, 0.25) is 0 Å². The predicted molar refractivity (Wildman–Crippen MR) is 91.7 cm³/mol. The largest absolute Gasteiger partial charge is 0.370 e. The molecule has 0 spiro atoms. The number of nitrogens with zero attached hydrogens (tertiary/aromatic N) is 5. The molecule has 2 aromatic heterocycles. The fourth-order valence-corrected chi connectivity index (χ4v) is 3.34. The zero-order chi connectivity index (χ0) is 16.2. The molecule has 6 nitrogen and oxygen atoms in total. The summed E-state index contributed by atoms with van der Waals surface area (Å²) in [6.07, 6.45) is 5.95. The lowest BCUT2D eigenvalue weighted by atomic mass is 10.2. The highest BCUT2D eigenvalue weighted by Crippen LogP contribution is 2.25. The molecule has 1 atom stereocenters. The maximum absolute atomic E-state index is 5.69. The maximum atomic E-state index is 5.69. The van der Waals surface area contributed by atoms with E-state index in [0.29, 0.717) is 0 Å². The van der Waals surface area contributed by atoms with E-state index >= 15 is 0 Å². The van der Waals surface area contributed by atoms with Gasteiger partial charge in [0, 0.05) is 51.7 Å². The number of pyridine rings is 1. The van der Waals surface area contributed by atoms with Gasteiger partial charge in [-0.1, -0.05) is 6.07 Å². The van der Waals surface area contributed by atoms with Crippen LogP contribution in [0.3, 0.4) is 0 Å². The standard InChI is InChI=1S/C18H23N5O/c1-2-7-19-17(5-1)23-11-9-22(10-12-23)14-15-6-8-20-18(21-15)16-4-3-13-24-16/h1-2,5-8,16H,3-4,9-14H2. The van der Waals surface area contributed by atoms with Crippen molar-refractivity contribution in [3.8, 4) is 0 Å². The minimum atomic E-state index is 0.0888. The Morgan fingerprint density at radius 1 is 1.04 bits per heavy atom. The van der Waals surface area contributed by atoms with E-state index in [0.717, 1.165) is 69.5 Å². The number of rotatable bonds is 4. The minimum Gasteiger partial charge on any atom is -0.370 e. The van der Waals surface area contributed by atoms with E-state index in [4.69, 9.17) is 9.72 Å². The molecule has 1 unspecified atom stereocenters. The van der Waals surface area contributed by atoms with Gasteiger partial charge in [0.1, 0.15) is 11.9 Å². The van der Waals surface area contributed by atoms with Gasteiger partial charge >= 0.3 is 0 Å². The van der Waals surface area contributed by atoms with Crippen molar-refractivity contribution in [2.24, 2.45) is 0 Å². The lowest BCUT2D eigenvalue weighted by Gasteiger charge is -2.35. The van der Waals surface area contributed by atoms with Crippen LogP contribution in [0.5, 0.6) is 0 Å². The van der Waals surface area contributed by atoms with Crippen LogP contribution >= 0.6 is 0 Å². The number of piperazine rings is 1. The first kappa shape index (κ1) is 15.5. The molecule has 2 fully saturated rings. The van der Waals surface area contributed by atoms with Crippen LogP contribution in [-0.2, 0) is 11.3 Å². The minimum absolute atomic E-state index is 0.0888. The second-order valence-corrected chi connectivity index (χ2v) is 6.36. The highest BCUT2D eigenvalue weighted by molar-refractivity contribution is 5.38. The first-order valence-electron chi connectivity index (χ1n) is 8.70. The summed E-state index contributed by atoms with van der Waals surface area (Å²) in [7, 11) is 0. The molecule has 4 heterocycles. The fraction of sp³-hybridized carbons (Fsp3) is 0.500. The molecule has 6 heteroatoms. The Morgan fingerprint density at radius 2 is 1.96 bits per heavy atom. The molecule has 126 valence electrons. The van der Waals surface area contributed by atoms with E-state index in [1.54, 1.807) is 0 Å². The lowest BCUT2D eigenvalue weighted by molar-refractivity contribution is 0.104. The molecule has 24 heavy (non-hydrogen) atoms. The zero-order valence-corrected chi connectivity index (χ0v) is 13.8. The number of hydrogen-bond donors (Lipinski definition) is 0. The van der Waals surface area contributed by atoms with Gasteiger partial charge in [0.15, 0.2) is 5.82 Å². The normalized spacial score (nSPS) is 22.0. The van der Waals surface area contributed by atoms with Crippen molar-refractivity contribution >= 4 is 5.82 Å². The second kappa shape index (κ2) is 7.23. The molecule has 4 rings (SSSR count). The fourth-order valence-electron chi connectivity index (χ4n) is 3.34. The molecular weight excluding hydrogens is 302 g/mol. The van der Waals surface area contributed by atoms with Crippen LogP contribution in [0.15, 0.2) is 36.7 Å². The highest BCUT2D eigenvalue weighted by Gasteiger charge is 2.22. The van der Waals surface area contributed by atoms with Crippen molar-refractivity contribution in [3.05, 3.63) is 48.2 Å². The van der Waals surface area contributed by atoms with Crippen molar-refractivity contribution in [1.29, 1.82) is 0 Å². The molecule has 0 N–H and O–H groups in total. The van der Waals surface area contributed by atoms with Crippen LogP contribution in [0.4, 0.5) is 5.82 Å². The van der Waals surface area contributed by atoms with Crippen molar-refractivity contribution < 1.29 is 4.74 Å². The average Bonchev–Trinajstić information content (AvgIpc) is 3.18. The summed E-state index contributed by atoms with van der Waals surface area (Å²) >= 11 is 0. The highest BCUT2D eigenvalue weighted by atomic mass is 16.5. The Balaban J connectivity index is 1.34. The van der Waals surface area contributed by atoms with Crippen molar-refractivity contribution in [3.63, 3.8) is 0 Å². The molecular formula is C18H23N5O. The third-order valence-electron chi connectivity index (χ3n) is 4.68. The summed E-state index contributed by atoms with van der Waals surface area (Å²) in [5.41, 5.74) is 1.08. The molecule has 2 aliphatic rings. The topological polar surface area (TPSA) is 54.4 Å². The van der Waals surface area contributed by atoms with Crippen LogP contribution in [0.1, 0.15) is 30.5 Å². The van der Waals surface area contributed by atoms with Crippen molar-refractivity contribution in [1.82, 2.24) is 19.9 Å². The molecule has 0 aromatic carbocycles. The van der Waals surface area contributed by atoms with Gasteiger partial charge in [0.05, 0.1) is 5.69 Å². The summed E-state index contributed by atoms with van der Waals surface area (Å²) in [4.78, 5) is 18.3. The monoisotopic (exact) mass is 325 g/mol. The van der Waals surface area contributed by atoms with Crippen LogP contribution in [0, 0.1) is 0 Å². The summed E-state index contributed by atoms with van der Waals surface area (Å²) < 4.78 is 5.69. The lowest BCUT2D eigenvalue weighted by Crippen LogP contribution is -2.46. The van der Waals surface area contributed by atoms with Gasteiger partial charge < -0.3 is 9.64 Å². The Morgan fingerprint density at radius 3 is 2.71 bits per heavy atom. The SMILES string of the molecule is c1ccc(N2CCN(Cc3ccnc(C4CCCO4)n3)CC2)nc1. The van der Waals surface area contributed by atoms with E-state index in [9.17, 15) is 0 Å². The number of ether oxygens (including phenoxy) is 1. The second-order valence-electron chi connectivity index (χ2n) is 6.36. The van der Waals surface area contributed by atoms with Gasteiger partial charge in [0.25, 0.3) is 0 Å². The first-order chi connectivity index (χ1) is 11.9. The smallest absolute Gasteiger partial charge is 0.157 e. The molecule has 0 saturated carbocycles. The van der Waals surface area contributed by atoms with E-state index < -0.39 is 0 Å². The van der Waals surface area contributed by atoms with E-state index in [1.165, 1.54) is 0 Å².